The van der Waals surface area contributed by atoms with E-state index in [2.05, 4.69) is 41.2 Å². The van der Waals surface area contributed by atoms with Gasteiger partial charge in [0.1, 0.15) is 5.75 Å². The number of rotatable bonds is 11. The minimum atomic E-state index is 0.291. The molecule has 120 valence electrons. The number of aliphatic hydroxyl groups is 1. The number of halogens is 1. The third-order valence-electron chi connectivity index (χ3n) is 3.20. The average Bonchev–Trinajstić information content (AvgIpc) is 2.44. The lowest BCUT2D eigenvalue weighted by molar-refractivity contribution is 0.272. The maximum atomic E-state index is 8.74. The van der Waals surface area contributed by atoms with Crippen LogP contribution in [0, 0.1) is 5.92 Å². The van der Waals surface area contributed by atoms with Gasteiger partial charge in [-0.3, -0.25) is 0 Å². The zero-order valence-electron chi connectivity index (χ0n) is 13.2. The zero-order chi connectivity index (χ0) is 15.5. The summed E-state index contributed by atoms with van der Waals surface area (Å²) in [5, 5.41) is 12.2. The second kappa shape index (κ2) is 11.0. The van der Waals surface area contributed by atoms with Crippen LogP contribution in [0.1, 0.15) is 45.1 Å². The molecule has 1 rings (SSSR count). The molecule has 1 aromatic carbocycles. The number of ether oxygens (including phenoxy) is 1. The van der Waals surface area contributed by atoms with E-state index in [1.165, 1.54) is 5.56 Å². The Morgan fingerprint density at radius 2 is 1.95 bits per heavy atom. The topological polar surface area (TPSA) is 41.5 Å². The first-order valence-corrected chi connectivity index (χ1v) is 8.65. The van der Waals surface area contributed by atoms with Gasteiger partial charge in [0.2, 0.25) is 0 Å². The third-order valence-corrected chi connectivity index (χ3v) is 3.69. The molecule has 21 heavy (non-hydrogen) atoms. The van der Waals surface area contributed by atoms with E-state index in [1.807, 2.05) is 12.1 Å². The van der Waals surface area contributed by atoms with Gasteiger partial charge in [0.05, 0.1) is 6.61 Å². The van der Waals surface area contributed by atoms with Gasteiger partial charge in [-0.1, -0.05) is 36.2 Å². The molecular formula is C17H28BrNO2. The molecular weight excluding hydrogens is 330 g/mol. The van der Waals surface area contributed by atoms with Crippen molar-refractivity contribution in [1.29, 1.82) is 0 Å². The summed E-state index contributed by atoms with van der Waals surface area (Å²) in [6.45, 7) is 7.28. The van der Waals surface area contributed by atoms with Crippen LogP contribution in [0.4, 0.5) is 0 Å². The van der Waals surface area contributed by atoms with Crippen LogP contribution in [0.5, 0.6) is 5.75 Å². The highest BCUT2D eigenvalue weighted by Crippen LogP contribution is 2.23. The summed E-state index contributed by atoms with van der Waals surface area (Å²) in [6.07, 6.45) is 4.11. The van der Waals surface area contributed by atoms with E-state index in [1.54, 1.807) is 0 Å². The Hall–Kier alpha value is -0.580. The van der Waals surface area contributed by atoms with Crippen LogP contribution >= 0.6 is 15.9 Å². The fraction of sp³-hybridized carbons (Fsp3) is 0.647. The highest BCUT2D eigenvalue weighted by atomic mass is 79.9. The fourth-order valence-electron chi connectivity index (χ4n) is 2.07. The molecule has 0 spiro atoms. The minimum Gasteiger partial charge on any atom is -0.493 e. The van der Waals surface area contributed by atoms with Crippen LogP contribution in [-0.2, 0) is 6.54 Å². The van der Waals surface area contributed by atoms with E-state index in [9.17, 15) is 0 Å². The number of hydrogen-bond acceptors (Lipinski definition) is 3. The number of hydrogen-bond donors (Lipinski definition) is 2. The molecule has 0 heterocycles. The first kappa shape index (κ1) is 18.5. The molecule has 0 aliphatic carbocycles. The Labute approximate surface area is 137 Å². The van der Waals surface area contributed by atoms with Gasteiger partial charge in [-0.05, 0) is 49.9 Å². The SMILES string of the molecule is CC(C)CNCc1cc(Br)ccc1OCCCCCCO. The van der Waals surface area contributed by atoms with Crippen molar-refractivity contribution < 1.29 is 9.84 Å². The second-order valence-electron chi connectivity index (χ2n) is 5.76. The van der Waals surface area contributed by atoms with Gasteiger partial charge in [-0.2, -0.15) is 0 Å². The van der Waals surface area contributed by atoms with Crippen LogP contribution in [0.25, 0.3) is 0 Å². The van der Waals surface area contributed by atoms with Crippen molar-refractivity contribution in [1.82, 2.24) is 5.32 Å². The van der Waals surface area contributed by atoms with Gasteiger partial charge in [0, 0.05) is 23.2 Å². The summed E-state index contributed by atoms with van der Waals surface area (Å²) >= 11 is 3.52. The highest BCUT2D eigenvalue weighted by Gasteiger charge is 2.05. The van der Waals surface area contributed by atoms with Crippen LogP contribution in [0.3, 0.4) is 0 Å². The number of unbranched alkanes of at least 4 members (excludes halogenated alkanes) is 3. The molecule has 0 fully saturated rings. The highest BCUT2D eigenvalue weighted by molar-refractivity contribution is 9.10. The van der Waals surface area contributed by atoms with Crippen LogP contribution < -0.4 is 10.1 Å². The summed E-state index contributed by atoms with van der Waals surface area (Å²) in [5.74, 6) is 1.62. The van der Waals surface area contributed by atoms with E-state index < -0.39 is 0 Å². The number of aliphatic hydroxyl groups excluding tert-OH is 1. The van der Waals surface area contributed by atoms with Crippen molar-refractivity contribution in [3.05, 3.63) is 28.2 Å². The van der Waals surface area contributed by atoms with Crippen LogP contribution in [0.2, 0.25) is 0 Å². The zero-order valence-corrected chi connectivity index (χ0v) is 14.8. The Balaban J connectivity index is 2.40. The van der Waals surface area contributed by atoms with E-state index in [0.29, 0.717) is 12.5 Å². The molecule has 0 atom stereocenters. The molecule has 0 saturated carbocycles. The van der Waals surface area contributed by atoms with Crippen molar-refractivity contribution in [3.8, 4) is 5.75 Å². The first-order valence-electron chi connectivity index (χ1n) is 7.86. The Morgan fingerprint density at radius 3 is 2.67 bits per heavy atom. The van der Waals surface area contributed by atoms with E-state index in [-0.39, 0.29) is 0 Å². The quantitative estimate of drug-likeness (QED) is 0.585. The summed E-state index contributed by atoms with van der Waals surface area (Å²) < 4.78 is 6.99. The van der Waals surface area contributed by atoms with Crippen molar-refractivity contribution >= 4 is 15.9 Å². The van der Waals surface area contributed by atoms with E-state index >= 15 is 0 Å². The average molecular weight is 358 g/mol. The predicted molar refractivity (Wildman–Crippen MR) is 91.7 cm³/mol. The molecule has 0 unspecified atom stereocenters. The van der Waals surface area contributed by atoms with Gasteiger partial charge in [-0.15, -0.1) is 0 Å². The summed E-state index contributed by atoms with van der Waals surface area (Å²) in [4.78, 5) is 0. The second-order valence-corrected chi connectivity index (χ2v) is 6.68. The molecule has 0 aromatic heterocycles. The van der Waals surface area contributed by atoms with E-state index in [0.717, 1.165) is 55.6 Å². The summed E-state index contributed by atoms with van der Waals surface area (Å²) in [6, 6.07) is 6.17. The van der Waals surface area contributed by atoms with Gasteiger partial charge < -0.3 is 15.2 Å². The van der Waals surface area contributed by atoms with Crippen molar-refractivity contribution in [2.24, 2.45) is 5.92 Å². The minimum absolute atomic E-state index is 0.291. The maximum absolute atomic E-state index is 8.74. The lowest BCUT2D eigenvalue weighted by Gasteiger charge is -2.13. The molecule has 0 radical (unpaired) electrons. The summed E-state index contributed by atoms with van der Waals surface area (Å²) in [7, 11) is 0. The van der Waals surface area contributed by atoms with Crippen LogP contribution in [-0.4, -0.2) is 24.9 Å². The van der Waals surface area contributed by atoms with Crippen molar-refractivity contribution in [2.45, 2.75) is 46.1 Å². The standard InChI is InChI=1S/C17H28BrNO2/c1-14(2)12-19-13-15-11-16(18)7-8-17(15)21-10-6-4-3-5-9-20/h7-8,11,14,19-20H,3-6,9-10,12-13H2,1-2H3. The first-order chi connectivity index (χ1) is 10.1. The van der Waals surface area contributed by atoms with E-state index in [4.69, 9.17) is 9.84 Å². The summed E-state index contributed by atoms with van der Waals surface area (Å²) in [5.41, 5.74) is 1.19. The molecule has 2 N–H and O–H groups in total. The Bertz CT molecular complexity index is 396. The van der Waals surface area contributed by atoms with Crippen molar-refractivity contribution in [3.63, 3.8) is 0 Å². The molecule has 4 heteroatoms. The Kier molecular flexibility index (Phi) is 9.72. The predicted octanol–water partition coefficient (Wildman–Crippen LogP) is 4.13. The fourth-order valence-corrected chi connectivity index (χ4v) is 2.48. The lowest BCUT2D eigenvalue weighted by atomic mass is 10.1. The van der Waals surface area contributed by atoms with Gasteiger partial charge in [0.25, 0.3) is 0 Å². The molecule has 0 aliphatic rings. The molecule has 0 aliphatic heterocycles. The maximum Gasteiger partial charge on any atom is 0.123 e. The normalized spacial score (nSPS) is 11.1. The number of benzene rings is 1. The van der Waals surface area contributed by atoms with Crippen LogP contribution in [0.15, 0.2) is 22.7 Å². The molecule has 1 aromatic rings. The third kappa shape index (κ3) is 8.44. The molecule has 3 nitrogen and oxygen atoms in total. The lowest BCUT2D eigenvalue weighted by Crippen LogP contribution is -2.19. The Morgan fingerprint density at radius 1 is 1.19 bits per heavy atom. The monoisotopic (exact) mass is 357 g/mol. The van der Waals surface area contributed by atoms with Gasteiger partial charge in [0.15, 0.2) is 0 Å². The van der Waals surface area contributed by atoms with Gasteiger partial charge >= 0.3 is 0 Å². The molecule has 0 amide bonds. The molecule has 0 bridgehead atoms. The number of nitrogens with one attached hydrogen (secondary N) is 1. The van der Waals surface area contributed by atoms with Gasteiger partial charge in [-0.25, -0.2) is 0 Å². The molecule has 0 saturated heterocycles. The smallest absolute Gasteiger partial charge is 0.123 e. The van der Waals surface area contributed by atoms with Crippen molar-refractivity contribution in [2.75, 3.05) is 19.8 Å². The largest absolute Gasteiger partial charge is 0.493 e.